The van der Waals surface area contributed by atoms with E-state index >= 15 is 0 Å². The highest BCUT2D eigenvalue weighted by Crippen LogP contribution is 2.63. The van der Waals surface area contributed by atoms with Crippen molar-refractivity contribution in [3.8, 4) is 0 Å². The monoisotopic (exact) mass is 472 g/mol. The van der Waals surface area contributed by atoms with E-state index in [1.54, 1.807) is 13.8 Å². The molecule has 1 heterocycles. The highest BCUT2D eigenvalue weighted by molar-refractivity contribution is 7.77. The van der Waals surface area contributed by atoms with E-state index < -0.39 is 19.5 Å². The first-order chi connectivity index (χ1) is 16.7. The second kappa shape index (κ2) is 11.3. The molecule has 5 heteroatoms. The molecule has 0 radical (unpaired) electrons. The smallest absolute Gasteiger partial charge is 0.314 e. The molecule has 0 spiro atoms. The summed E-state index contributed by atoms with van der Waals surface area (Å²) < 4.78 is 11.1. The van der Waals surface area contributed by atoms with Crippen molar-refractivity contribution in [2.45, 2.75) is 25.9 Å². The van der Waals surface area contributed by atoms with Crippen LogP contribution in [0.2, 0.25) is 0 Å². The second-order valence-corrected chi connectivity index (χ2v) is 10.3. The van der Waals surface area contributed by atoms with Crippen molar-refractivity contribution in [3.63, 3.8) is 0 Å². The molecule has 0 bridgehead atoms. The van der Waals surface area contributed by atoms with Crippen LogP contribution < -0.4 is 5.30 Å². The molecule has 1 aliphatic heterocycles. The lowest BCUT2D eigenvalue weighted by Crippen LogP contribution is -2.40. The highest BCUT2D eigenvalue weighted by Gasteiger charge is 2.48. The van der Waals surface area contributed by atoms with Gasteiger partial charge in [0.2, 0.25) is 0 Å². The normalized spacial score (nSPS) is 20.0. The number of allylic oxidation sites excluding steroid dienone is 1. The van der Waals surface area contributed by atoms with Gasteiger partial charge >= 0.3 is 11.9 Å². The van der Waals surface area contributed by atoms with E-state index in [2.05, 4.69) is 36.4 Å². The number of esters is 2. The van der Waals surface area contributed by atoms with E-state index in [0.717, 1.165) is 27.3 Å². The van der Waals surface area contributed by atoms with Crippen molar-refractivity contribution in [1.29, 1.82) is 0 Å². The molecular formula is C29H29O4P. The molecule has 3 atom stereocenters. The zero-order chi connectivity index (χ0) is 23.9. The topological polar surface area (TPSA) is 52.6 Å². The van der Waals surface area contributed by atoms with Crippen molar-refractivity contribution >= 4 is 36.1 Å². The first-order valence-corrected chi connectivity index (χ1v) is 13.1. The van der Waals surface area contributed by atoms with Gasteiger partial charge in [-0.1, -0.05) is 91.0 Å². The number of benzene rings is 3. The molecule has 0 saturated heterocycles. The summed E-state index contributed by atoms with van der Waals surface area (Å²) in [5, 5.41) is 2.16. The van der Waals surface area contributed by atoms with Crippen LogP contribution in [0.3, 0.4) is 0 Å². The maximum absolute atomic E-state index is 13.5. The van der Waals surface area contributed by atoms with Crippen LogP contribution in [0.1, 0.15) is 31.4 Å². The molecule has 3 unspecified atom stereocenters. The van der Waals surface area contributed by atoms with Gasteiger partial charge in [0, 0.05) is 0 Å². The average molecular weight is 473 g/mol. The molecule has 4 nitrogen and oxygen atoms in total. The predicted molar refractivity (Wildman–Crippen MR) is 138 cm³/mol. The van der Waals surface area contributed by atoms with Crippen molar-refractivity contribution in [1.82, 2.24) is 0 Å². The van der Waals surface area contributed by atoms with E-state index in [-0.39, 0.29) is 25.2 Å². The fourth-order valence-electron chi connectivity index (χ4n) is 4.53. The number of hydrogen-bond donors (Lipinski definition) is 0. The molecule has 0 N–H and O–H groups in total. The van der Waals surface area contributed by atoms with Gasteiger partial charge in [0.1, 0.15) is 0 Å². The molecule has 0 aliphatic carbocycles. The van der Waals surface area contributed by atoms with Gasteiger partial charge in [-0.2, -0.15) is 0 Å². The lowest BCUT2D eigenvalue weighted by Gasteiger charge is -2.39. The van der Waals surface area contributed by atoms with E-state index in [4.69, 9.17) is 9.47 Å². The maximum Gasteiger partial charge on any atom is 0.314 e. The number of rotatable bonds is 7. The van der Waals surface area contributed by atoms with Gasteiger partial charge in [0.25, 0.3) is 0 Å². The fraction of sp³-hybridized carbons (Fsp3) is 0.241. The fourth-order valence-corrected chi connectivity index (χ4v) is 7.69. The van der Waals surface area contributed by atoms with Crippen molar-refractivity contribution in [3.05, 3.63) is 102 Å². The molecular weight excluding hydrogens is 443 g/mol. The van der Waals surface area contributed by atoms with E-state index in [1.807, 2.05) is 54.6 Å². The van der Waals surface area contributed by atoms with E-state index in [1.165, 1.54) is 0 Å². The number of carbonyl (C=O) groups excluding carboxylic acids is 2. The molecule has 1 aliphatic rings. The highest BCUT2D eigenvalue weighted by atomic mass is 31.1. The molecule has 0 saturated carbocycles. The lowest BCUT2D eigenvalue weighted by atomic mass is 9.89. The summed E-state index contributed by atoms with van der Waals surface area (Å²) in [5.74, 6) is -1.30. The Kier molecular flexibility index (Phi) is 7.92. The van der Waals surface area contributed by atoms with Crippen molar-refractivity contribution in [2.75, 3.05) is 13.2 Å². The van der Waals surface area contributed by atoms with Gasteiger partial charge in [-0.3, -0.25) is 9.59 Å². The van der Waals surface area contributed by atoms with Crippen LogP contribution in [0, 0.1) is 5.92 Å². The third kappa shape index (κ3) is 4.98. The summed E-state index contributed by atoms with van der Waals surface area (Å²) in [6, 6.07) is 30.4. The van der Waals surface area contributed by atoms with Crippen molar-refractivity contribution in [2.24, 2.45) is 5.92 Å². The largest absolute Gasteiger partial charge is 0.466 e. The van der Waals surface area contributed by atoms with Gasteiger partial charge < -0.3 is 9.47 Å². The van der Waals surface area contributed by atoms with Crippen molar-refractivity contribution < 1.29 is 19.1 Å². The average Bonchev–Trinajstić information content (AvgIpc) is 2.89. The predicted octanol–water partition coefficient (Wildman–Crippen LogP) is 5.88. The SMILES string of the molecule is CCOC(=O)C1CC(c2ccccc2)=C(c2ccccc2)P(c2ccccc2)C1C(=O)OCC. The maximum atomic E-state index is 13.5. The minimum Gasteiger partial charge on any atom is -0.466 e. The molecule has 0 fully saturated rings. The molecule has 0 amide bonds. The Morgan fingerprint density at radius 1 is 0.735 bits per heavy atom. The molecule has 4 rings (SSSR count). The number of ether oxygens (including phenoxy) is 2. The van der Waals surface area contributed by atoms with Gasteiger partial charge in [0.15, 0.2) is 0 Å². The van der Waals surface area contributed by atoms with Gasteiger partial charge in [0.05, 0.1) is 24.8 Å². The molecule has 34 heavy (non-hydrogen) atoms. The Hall–Kier alpha value is -3.23. The summed E-state index contributed by atoms with van der Waals surface area (Å²) in [6.07, 6.45) is 0.419. The molecule has 3 aromatic carbocycles. The summed E-state index contributed by atoms with van der Waals surface area (Å²) in [6.45, 7) is 4.13. The summed E-state index contributed by atoms with van der Waals surface area (Å²) >= 11 is 0. The standard InChI is InChI=1S/C29H29O4P/c1-3-32-28(30)25-20-24(21-14-8-5-9-15-21)26(22-16-10-6-11-17-22)34(23-18-12-7-13-19-23)27(25)29(31)33-4-2/h5-19,25,27H,3-4,20H2,1-2H3. The first-order valence-electron chi connectivity index (χ1n) is 11.7. The van der Waals surface area contributed by atoms with Crippen LogP contribution in [0.4, 0.5) is 0 Å². The minimum atomic E-state index is -1.26. The van der Waals surface area contributed by atoms with Crippen LogP contribution in [0.5, 0.6) is 0 Å². The zero-order valence-electron chi connectivity index (χ0n) is 19.5. The Morgan fingerprint density at radius 2 is 1.24 bits per heavy atom. The molecule has 174 valence electrons. The minimum absolute atomic E-state index is 0.263. The lowest BCUT2D eigenvalue weighted by molar-refractivity contribution is -0.154. The van der Waals surface area contributed by atoms with Crippen LogP contribution >= 0.6 is 7.92 Å². The Balaban J connectivity index is 2.03. The molecule has 0 aromatic heterocycles. The van der Waals surface area contributed by atoms with Crippen LogP contribution in [0.25, 0.3) is 10.9 Å². The third-order valence-corrected chi connectivity index (χ3v) is 8.92. The zero-order valence-corrected chi connectivity index (χ0v) is 20.4. The van der Waals surface area contributed by atoms with Crippen LogP contribution in [0.15, 0.2) is 91.0 Å². The summed E-state index contributed by atoms with van der Waals surface area (Å²) in [5.41, 5.74) is 2.58. The Bertz CT molecular complexity index is 1140. The van der Waals surface area contributed by atoms with Gasteiger partial charge in [-0.15, -0.1) is 0 Å². The summed E-state index contributed by atoms with van der Waals surface area (Å²) in [7, 11) is -1.26. The third-order valence-electron chi connectivity index (χ3n) is 5.93. The Labute approximate surface area is 202 Å². The Morgan fingerprint density at radius 3 is 1.79 bits per heavy atom. The van der Waals surface area contributed by atoms with Crippen LogP contribution in [-0.2, 0) is 19.1 Å². The summed E-state index contributed by atoms with van der Waals surface area (Å²) in [4.78, 5) is 26.8. The van der Waals surface area contributed by atoms with Gasteiger partial charge in [-0.25, -0.2) is 0 Å². The molecule has 3 aromatic rings. The number of hydrogen-bond acceptors (Lipinski definition) is 4. The van der Waals surface area contributed by atoms with Gasteiger partial charge in [-0.05, 0) is 55.5 Å². The second-order valence-electron chi connectivity index (χ2n) is 8.02. The number of carbonyl (C=O) groups is 2. The van der Waals surface area contributed by atoms with Crippen LogP contribution in [-0.4, -0.2) is 30.8 Å². The van der Waals surface area contributed by atoms with E-state index in [0.29, 0.717) is 6.42 Å². The van der Waals surface area contributed by atoms with E-state index in [9.17, 15) is 9.59 Å². The quantitative estimate of drug-likeness (QED) is 0.318. The first kappa shape index (κ1) is 23.9.